The predicted octanol–water partition coefficient (Wildman–Crippen LogP) is 4.77. The minimum Gasteiger partial charge on any atom is -0.493 e. The van der Waals surface area contributed by atoms with Crippen LogP contribution in [0.25, 0.3) is 0 Å². The van der Waals surface area contributed by atoms with Crippen molar-refractivity contribution in [1.29, 1.82) is 0 Å². The van der Waals surface area contributed by atoms with Crippen LogP contribution in [0.15, 0.2) is 18.2 Å². The SMILES string of the molecule is CCOC(=O)CCN1CCCc2c(OCCc3nc(N4CCCCC4)sc3C)cccc21. The van der Waals surface area contributed by atoms with Crippen LogP contribution in [0.4, 0.5) is 10.8 Å². The Morgan fingerprint density at radius 3 is 2.81 bits per heavy atom. The molecule has 0 N–H and O–H groups in total. The van der Waals surface area contributed by atoms with Crippen molar-refractivity contribution in [3.63, 3.8) is 0 Å². The van der Waals surface area contributed by atoms with Gasteiger partial charge in [-0.15, -0.1) is 11.3 Å². The lowest BCUT2D eigenvalue weighted by Crippen LogP contribution is -2.32. The molecule has 1 aromatic heterocycles. The Bertz CT molecular complexity index is 908. The Hall–Kier alpha value is -2.28. The fourth-order valence-corrected chi connectivity index (χ4v) is 5.63. The second-order valence-electron chi connectivity index (χ2n) is 8.54. The second kappa shape index (κ2) is 11.0. The van der Waals surface area contributed by atoms with Crippen molar-refractivity contribution in [2.45, 2.75) is 58.8 Å². The monoisotopic (exact) mass is 457 g/mol. The molecule has 0 aliphatic carbocycles. The highest BCUT2D eigenvalue weighted by atomic mass is 32.1. The van der Waals surface area contributed by atoms with Gasteiger partial charge in [0.15, 0.2) is 5.13 Å². The van der Waals surface area contributed by atoms with Gasteiger partial charge in [-0.1, -0.05) is 6.07 Å². The molecule has 0 spiro atoms. The molecule has 0 bridgehead atoms. The highest BCUT2D eigenvalue weighted by Gasteiger charge is 2.21. The number of hydrogen-bond donors (Lipinski definition) is 0. The molecule has 174 valence electrons. The van der Waals surface area contributed by atoms with E-state index in [0.29, 0.717) is 26.2 Å². The maximum Gasteiger partial charge on any atom is 0.307 e. The van der Waals surface area contributed by atoms with Crippen molar-refractivity contribution in [2.75, 3.05) is 49.2 Å². The lowest BCUT2D eigenvalue weighted by atomic mass is 10.0. The summed E-state index contributed by atoms with van der Waals surface area (Å²) in [5.74, 6) is 0.835. The molecule has 0 unspecified atom stereocenters. The van der Waals surface area contributed by atoms with Crippen LogP contribution < -0.4 is 14.5 Å². The summed E-state index contributed by atoms with van der Waals surface area (Å²) in [7, 11) is 0. The Balaban J connectivity index is 1.36. The van der Waals surface area contributed by atoms with Crippen LogP contribution in [0.1, 0.15) is 55.2 Å². The zero-order valence-electron chi connectivity index (χ0n) is 19.4. The molecule has 7 heteroatoms. The summed E-state index contributed by atoms with van der Waals surface area (Å²) < 4.78 is 11.4. The first-order valence-corrected chi connectivity index (χ1v) is 12.8. The molecular weight excluding hydrogens is 422 g/mol. The van der Waals surface area contributed by atoms with Gasteiger partial charge in [-0.05, 0) is 58.1 Å². The molecule has 32 heavy (non-hydrogen) atoms. The number of piperidine rings is 1. The first kappa shape index (κ1) is 22.9. The standard InChI is InChI=1S/C25H35N3O3S/c1-3-30-24(29)12-17-27-16-8-9-20-22(27)10-7-11-23(20)31-18-13-21-19(2)32-25(26-21)28-14-5-4-6-15-28/h7,10-11H,3-6,8-9,12-18H2,1-2H3. The molecule has 4 rings (SSSR count). The van der Waals surface area contributed by atoms with Crippen LogP contribution >= 0.6 is 11.3 Å². The third-order valence-corrected chi connectivity index (χ3v) is 7.37. The maximum absolute atomic E-state index is 11.8. The number of hydrogen-bond acceptors (Lipinski definition) is 7. The van der Waals surface area contributed by atoms with Gasteiger partial charge < -0.3 is 19.3 Å². The number of aromatic nitrogens is 1. The van der Waals surface area contributed by atoms with Gasteiger partial charge in [0, 0.05) is 48.7 Å². The number of anilines is 2. The van der Waals surface area contributed by atoms with Crippen molar-refractivity contribution >= 4 is 28.1 Å². The summed E-state index contributed by atoms with van der Waals surface area (Å²) in [6.07, 6.45) is 7.20. The minimum absolute atomic E-state index is 0.130. The first-order valence-electron chi connectivity index (χ1n) is 12.0. The third kappa shape index (κ3) is 5.55. The maximum atomic E-state index is 11.8. The number of carbonyl (C=O) groups is 1. The van der Waals surface area contributed by atoms with Gasteiger partial charge in [0.25, 0.3) is 0 Å². The smallest absolute Gasteiger partial charge is 0.307 e. The molecule has 3 heterocycles. The zero-order chi connectivity index (χ0) is 22.3. The van der Waals surface area contributed by atoms with Gasteiger partial charge in [-0.2, -0.15) is 0 Å². The van der Waals surface area contributed by atoms with Crippen LogP contribution in [0.5, 0.6) is 5.75 Å². The highest BCUT2D eigenvalue weighted by molar-refractivity contribution is 7.15. The zero-order valence-corrected chi connectivity index (χ0v) is 20.2. The number of benzene rings is 1. The number of thiazole rings is 1. The molecule has 0 saturated carbocycles. The van der Waals surface area contributed by atoms with Crippen LogP contribution in [0, 0.1) is 6.92 Å². The average molecular weight is 458 g/mol. The van der Waals surface area contributed by atoms with E-state index < -0.39 is 0 Å². The molecule has 2 aliphatic heterocycles. The van der Waals surface area contributed by atoms with Gasteiger partial charge in [-0.25, -0.2) is 4.98 Å². The van der Waals surface area contributed by atoms with E-state index in [0.717, 1.165) is 50.3 Å². The molecule has 2 aromatic rings. The van der Waals surface area contributed by atoms with E-state index in [9.17, 15) is 4.79 Å². The molecule has 1 saturated heterocycles. The van der Waals surface area contributed by atoms with E-state index in [4.69, 9.17) is 14.5 Å². The predicted molar refractivity (Wildman–Crippen MR) is 130 cm³/mol. The Morgan fingerprint density at radius 1 is 1.16 bits per heavy atom. The normalized spacial score (nSPS) is 16.1. The molecule has 0 radical (unpaired) electrons. The largest absolute Gasteiger partial charge is 0.493 e. The topological polar surface area (TPSA) is 54.9 Å². The van der Waals surface area contributed by atoms with E-state index >= 15 is 0 Å². The van der Waals surface area contributed by atoms with Crippen molar-refractivity contribution < 1.29 is 14.3 Å². The van der Waals surface area contributed by atoms with E-state index in [1.54, 1.807) is 0 Å². The number of aryl methyl sites for hydroxylation is 1. The Morgan fingerprint density at radius 2 is 2.00 bits per heavy atom. The lowest BCUT2D eigenvalue weighted by Gasteiger charge is -2.32. The number of carbonyl (C=O) groups excluding carboxylic acids is 1. The number of rotatable bonds is 9. The summed E-state index contributed by atoms with van der Waals surface area (Å²) in [4.78, 5) is 22.7. The number of fused-ring (bicyclic) bond motifs is 1. The summed E-state index contributed by atoms with van der Waals surface area (Å²) in [5.41, 5.74) is 3.61. The Kier molecular flexibility index (Phi) is 7.90. The van der Waals surface area contributed by atoms with E-state index in [-0.39, 0.29) is 5.97 Å². The van der Waals surface area contributed by atoms with Crippen molar-refractivity contribution in [2.24, 2.45) is 0 Å². The second-order valence-corrected chi connectivity index (χ2v) is 9.73. The number of nitrogens with zero attached hydrogens (tertiary/aromatic N) is 3. The average Bonchev–Trinajstić information content (AvgIpc) is 3.19. The van der Waals surface area contributed by atoms with Gasteiger partial charge in [-0.3, -0.25) is 4.79 Å². The van der Waals surface area contributed by atoms with Crippen molar-refractivity contribution in [3.8, 4) is 5.75 Å². The molecule has 0 amide bonds. The summed E-state index contributed by atoms with van der Waals surface area (Å²) >= 11 is 1.82. The van der Waals surface area contributed by atoms with Crippen LogP contribution in [-0.4, -0.2) is 50.3 Å². The van der Waals surface area contributed by atoms with Crippen LogP contribution in [0.3, 0.4) is 0 Å². The van der Waals surface area contributed by atoms with Gasteiger partial charge in [0.2, 0.25) is 0 Å². The lowest BCUT2D eigenvalue weighted by molar-refractivity contribution is -0.142. The first-order chi connectivity index (χ1) is 15.7. The van der Waals surface area contributed by atoms with Crippen LogP contribution in [-0.2, 0) is 22.4 Å². The molecule has 6 nitrogen and oxygen atoms in total. The van der Waals surface area contributed by atoms with E-state index in [2.05, 4.69) is 34.9 Å². The van der Waals surface area contributed by atoms with E-state index in [1.165, 1.54) is 40.5 Å². The molecule has 1 fully saturated rings. The number of ether oxygens (including phenoxy) is 2. The van der Waals surface area contributed by atoms with Crippen molar-refractivity contribution in [3.05, 3.63) is 34.3 Å². The molecular formula is C25H35N3O3S. The van der Waals surface area contributed by atoms with Gasteiger partial charge in [0.1, 0.15) is 5.75 Å². The summed E-state index contributed by atoms with van der Waals surface area (Å²) in [5, 5.41) is 1.17. The molecule has 0 atom stereocenters. The molecule has 1 aromatic carbocycles. The highest BCUT2D eigenvalue weighted by Crippen LogP contribution is 2.35. The van der Waals surface area contributed by atoms with E-state index in [1.807, 2.05) is 18.3 Å². The van der Waals surface area contributed by atoms with Gasteiger partial charge in [0.05, 0.1) is 25.3 Å². The fraction of sp³-hybridized carbons (Fsp3) is 0.600. The van der Waals surface area contributed by atoms with Crippen molar-refractivity contribution in [1.82, 2.24) is 4.98 Å². The third-order valence-electron chi connectivity index (χ3n) is 6.30. The summed E-state index contributed by atoms with van der Waals surface area (Å²) in [6.45, 7) is 9.00. The Labute approximate surface area is 195 Å². The minimum atomic E-state index is -0.130. The summed E-state index contributed by atoms with van der Waals surface area (Å²) in [6, 6.07) is 6.27. The van der Waals surface area contributed by atoms with Gasteiger partial charge >= 0.3 is 5.97 Å². The fourth-order valence-electron chi connectivity index (χ4n) is 4.62. The molecule has 2 aliphatic rings. The number of esters is 1. The quantitative estimate of drug-likeness (QED) is 0.506. The van der Waals surface area contributed by atoms with Crippen LogP contribution in [0.2, 0.25) is 0 Å².